The molecule has 2 rings (SSSR count). The third kappa shape index (κ3) is 3.39. The van der Waals surface area contributed by atoms with Crippen LogP contribution in [0.3, 0.4) is 0 Å². The molecule has 18 heavy (non-hydrogen) atoms. The fraction of sp³-hybridized carbons (Fsp3) is 0.571. The van der Waals surface area contributed by atoms with Crippen molar-refractivity contribution in [1.29, 1.82) is 0 Å². The van der Waals surface area contributed by atoms with E-state index in [0.717, 1.165) is 5.56 Å². The van der Waals surface area contributed by atoms with Gasteiger partial charge in [-0.1, -0.05) is 48.5 Å². The second kappa shape index (κ2) is 6.76. The summed E-state index contributed by atoms with van der Waals surface area (Å²) in [4.78, 5) is 0. The molecule has 1 fully saturated rings. The molecule has 1 unspecified atom stereocenters. The molecule has 0 amide bonds. The van der Waals surface area contributed by atoms with Gasteiger partial charge in [-0.15, -0.1) is 0 Å². The van der Waals surface area contributed by atoms with Gasteiger partial charge < -0.3 is 11.1 Å². The Morgan fingerprint density at radius 2 is 1.78 bits per heavy atom. The molecule has 1 aliphatic rings. The van der Waals surface area contributed by atoms with Gasteiger partial charge in [-0.05, 0) is 25.0 Å². The maximum absolute atomic E-state index is 6.24. The monoisotopic (exact) mass is 286 g/mol. The predicted octanol–water partition coefficient (Wildman–Crippen LogP) is 3.92. The van der Waals surface area contributed by atoms with Crippen LogP contribution in [0.15, 0.2) is 18.2 Å². The zero-order chi connectivity index (χ0) is 13.0. The van der Waals surface area contributed by atoms with Gasteiger partial charge in [0.1, 0.15) is 0 Å². The van der Waals surface area contributed by atoms with Gasteiger partial charge in [0.25, 0.3) is 0 Å². The molecule has 3 N–H and O–H groups in total. The van der Waals surface area contributed by atoms with Crippen molar-refractivity contribution >= 4 is 23.2 Å². The van der Waals surface area contributed by atoms with Crippen LogP contribution >= 0.6 is 23.2 Å². The Balaban J connectivity index is 2.12. The Bertz CT molecular complexity index is 369. The highest BCUT2D eigenvalue weighted by Gasteiger charge is 2.21. The van der Waals surface area contributed by atoms with Crippen LogP contribution in [-0.4, -0.2) is 12.6 Å². The number of benzene rings is 1. The van der Waals surface area contributed by atoms with E-state index in [9.17, 15) is 0 Å². The molecule has 2 nitrogen and oxygen atoms in total. The van der Waals surface area contributed by atoms with Crippen molar-refractivity contribution in [1.82, 2.24) is 5.32 Å². The topological polar surface area (TPSA) is 38.0 Å². The first kappa shape index (κ1) is 14.1. The van der Waals surface area contributed by atoms with Gasteiger partial charge in [0.05, 0.1) is 0 Å². The lowest BCUT2D eigenvalue weighted by molar-refractivity contribution is 0.340. The van der Waals surface area contributed by atoms with Crippen LogP contribution in [-0.2, 0) is 0 Å². The molecular weight excluding hydrogens is 267 g/mol. The van der Waals surface area contributed by atoms with Crippen molar-refractivity contribution in [2.45, 2.75) is 44.2 Å². The summed E-state index contributed by atoms with van der Waals surface area (Å²) >= 11 is 12.5. The highest BCUT2D eigenvalue weighted by atomic mass is 35.5. The summed E-state index contributed by atoms with van der Waals surface area (Å²) in [5.74, 6) is 0. The number of rotatable bonds is 4. The van der Waals surface area contributed by atoms with E-state index in [1.165, 1.54) is 32.1 Å². The zero-order valence-electron chi connectivity index (χ0n) is 10.5. The number of halogens is 2. The van der Waals surface area contributed by atoms with Gasteiger partial charge in [-0.3, -0.25) is 0 Å². The molecule has 100 valence electrons. The van der Waals surface area contributed by atoms with Crippen molar-refractivity contribution in [3.63, 3.8) is 0 Å². The maximum atomic E-state index is 6.24. The minimum Gasteiger partial charge on any atom is -0.329 e. The molecule has 1 aliphatic carbocycles. The molecule has 1 atom stereocenters. The van der Waals surface area contributed by atoms with E-state index in [-0.39, 0.29) is 6.04 Å². The predicted molar refractivity (Wildman–Crippen MR) is 78.3 cm³/mol. The van der Waals surface area contributed by atoms with Crippen LogP contribution in [0, 0.1) is 0 Å². The number of nitrogens with two attached hydrogens (primary N) is 1. The first-order chi connectivity index (χ1) is 8.72. The summed E-state index contributed by atoms with van der Waals surface area (Å²) in [6.45, 7) is 0.514. The molecule has 4 heteroatoms. The van der Waals surface area contributed by atoms with E-state index < -0.39 is 0 Å². The van der Waals surface area contributed by atoms with Crippen LogP contribution in [0.5, 0.6) is 0 Å². The number of nitrogens with one attached hydrogen (secondary N) is 1. The van der Waals surface area contributed by atoms with E-state index in [1.54, 1.807) is 0 Å². The lowest BCUT2D eigenvalue weighted by Gasteiger charge is -2.29. The lowest BCUT2D eigenvalue weighted by atomic mass is 9.94. The highest BCUT2D eigenvalue weighted by molar-refractivity contribution is 6.36. The average Bonchev–Trinajstić information content (AvgIpc) is 2.38. The Kier molecular flexibility index (Phi) is 5.31. The lowest BCUT2D eigenvalue weighted by Crippen LogP contribution is -2.38. The van der Waals surface area contributed by atoms with Gasteiger partial charge in [-0.2, -0.15) is 0 Å². The smallest absolute Gasteiger partial charge is 0.0476 e. The van der Waals surface area contributed by atoms with Crippen molar-refractivity contribution in [2.75, 3.05) is 6.54 Å². The fourth-order valence-electron chi connectivity index (χ4n) is 2.67. The summed E-state index contributed by atoms with van der Waals surface area (Å²) in [5.41, 5.74) is 6.82. The quantitative estimate of drug-likeness (QED) is 0.881. The Labute approximate surface area is 119 Å². The third-order valence-electron chi connectivity index (χ3n) is 3.63. The van der Waals surface area contributed by atoms with Crippen LogP contribution in [0.4, 0.5) is 0 Å². The number of hydrogen-bond donors (Lipinski definition) is 2. The van der Waals surface area contributed by atoms with Gasteiger partial charge in [0.2, 0.25) is 0 Å². The van der Waals surface area contributed by atoms with Crippen LogP contribution in [0.1, 0.15) is 43.7 Å². The first-order valence-corrected chi connectivity index (χ1v) is 7.38. The van der Waals surface area contributed by atoms with Crippen LogP contribution < -0.4 is 11.1 Å². The SMILES string of the molecule is NCC(NC1CCCCC1)c1c(Cl)cccc1Cl. The molecule has 0 heterocycles. The van der Waals surface area contributed by atoms with Crippen molar-refractivity contribution < 1.29 is 0 Å². The third-order valence-corrected chi connectivity index (χ3v) is 4.29. The van der Waals surface area contributed by atoms with E-state index in [0.29, 0.717) is 22.6 Å². The minimum absolute atomic E-state index is 0.0503. The van der Waals surface area contributed by atoms with Crippen molar-refractivity contribution in [2.24, 2.45) is 5.73 Å². The molecular formula is C14H20Cl2N2. The van der Waals surface area contributed by atoms with Crippen molar-refractivity contribution in [3.8, 4) is 0 Å². The standard InChI is InChI=1S/C14H20Cl2N2/c15-11-7-4-8-12(16)14(11)13(9-17)18-10-5-2-1-3-6-10/h4,7-8,10,13,18H,1-3,5-6,9,17H2. The van der Waals surface area contributed by atoms with E-state index in [1.807, 2.05) is 18.2 Å². The Morgan fingerprint density at radius 3 is 2.33 bits per heavy atom. The molecule has 0 radical (unpaired) electrons. The summed E-state index contributed by atoms with van der Waals surface area (Å²) in [5, 5.41) is 5.00. The van der Waals surface area contributed by atoms with Crippen LogP contribution in [0.25, 0.3) is 0 Å². The normalized spacial score (nSPS) is 18.8. The van der Waals surface area contributed by atoms with E-state index in [2.05, 4.69) is 5.32 Å². The zero-order valence-corrected chi connectivity index (χ0v) is 12.0. The van der Waals surface area contributed by atoms with Gasteiger partial charge in [0, 0.05) is 34.2 Å². The molecule has 0 aliphatic heterocycles. The van der Waals surface area contributed by atoms with Gasteiger partial charge >= 0.3 is 0 Å². The second-order valence-corrected chi connectivity index (χ2v) is 5.74. The fourth-order valence-corrected chi connectivity index (χ4v) is 3.33. The minimum atomic E-state index is 0.0503. The largest absolute Gasteiger partial charge is 0.329 e. The van der Waals surface area contributed by atoms with Gasteiger partial charge in [0.15, 0.2) is 0 Å². The average molecular weight is 287 g/mol. The molecule has 0 saturated heterocycles. The summed E-state index contributed by atoms with van der Waals surface area (Å²) in [7, 11) is 0. The molecule has 0 spiro atoms. The molecule has 0 aromatic heterocycles. The number of hydrogen-bond acceptors (Lipinski definition) is 2. The van der Waals surface area contributed by atoms with E-state index >= 15 is 0 Å². The molecule has 1 aromatic rings. The van der Waals surface area contributed by atoms with Crippen LogP contribution in [0.2, 0.25) is 10.0 Å². The maximum Gasteiger partial charge on any atom is 0.0476 e. The first-order valence-electron chi connectivity index (χ1n) is 6.62. The molecule has 1 aromatic carbocycles. The molecule has 1 saturated carbocycles. The summed E-state index contributed by atoms with van der Waals surface area (Å²) < 4.78 is 0. The summed E-state index contributed by atoms with van der Waals surface area (Å²) in [6.07, 6.45) is 6.38. The van der Waals surface area contributed by atoms with E-state index in [4.69, 9.17) is 28.9 Å². The van der Waals surface area contributed by atoms with Crippen molar-refractivity contribution in [3.05, 3.63) is 33.8 Å². The second-order valence-electron chi connectivity index (χ2n) is 4.93. The van der Waals surface area contributed by atoms with Gasteiger partial charge in [-0.25, -0.2) is 0 Å². The molecule has 0 bridgehead atoms. The highest BCUT2D eigenvalue weighted by Crippen LogP contribution is 2.31. The Hall–Kier alpha value is -0.280. The Morgan fingerprint density at radius 1 is 1.17 bits per heavy atom. The summed E-state index contributed by atoms with van der Waals surface area (Å²) in [6, 6.07) is 6.19.